The number of aromatic nitrogens is 2. The zero-order valence-electron chi connectivity index (χ0n) is 24.1. The van der Waals surface area contributed by atoms with Crippen LogP contribution in [0.3, 0.4) is 0 Å². The number of amides is 2. The summed E-state index contributed by atoms with van der Waals surface area (Å²) in [5, 5.41) is 15.2. The van der Waals surface area contributed by atoms with Gasteiger partial charge in [-0.3, -0.25) is 0 Å². The van der Waals surface area contributed by atoms with E-state index in [-0.39, 0.29) is 24.8 Å². The largest absolute Gasteiger partial charge is 0.392 e. The number of para-hydroxylation sites is 2. The van der Waals surface area contributed by atoms with Gasteiger partial charge in [-0.15, -0.1) is 0 Å². The average molecular weight is 577 g/mol. The van der Waals surface area contributed by atoms with Crippen LogP contribution < -0.4 is 10.6 Å². The summed E-state index contributed by atoms with van der Waals surface area (Å²) < 4.78 is 15.4. The Labute approximate surface area is 251 Å². The van der Waals surface area contributed by atoms with Gasteiger partial charge in [0.2, 0.25) is 0 Å². The van der Waals surface area contributed by atoms with Crippen molar-refractivity contribution in [2.75, 3.05) is 6.54 Å². The smallest absolute Gasteiger partial charge is 0.315 e. The van der Waals surface area contributed by atoms with Crippen molar-refractivity contribution in [2.24, 2.45) is 0 Å². The number of aliphatic hydroxyl groups excluding tert-OH is 1. The number of carbonyl (C=O) groups is 1. The third-order valence-electron chi connectivity index (χ3n) is 7.75. The lowest BCUT2D eigenvalue weighted by Gasteiger charge is -2.36. The fourth-order valence-corrected chi connectivity index (χ4v) is 5.54. The molecule has 6 rings (SSSR count). The van der Waals surface area contributed by atoms with Crippen molar-refractivity contribution in [1.82, 2.24) is 20.2 Å². The van der Waals surface area contributed by atoms with Gasteiger partial charge in [0.05, 0.1) is 42.7 Å². The Hall–Kier alpha value is -4.50. The molecule has 1 aromatic heterocycles. The van der Waals surface area contributed by atoms with E-state index < -0.39 is 6.29 Å². The van der Waals surface area contributed by atoms with E-state index in [0.717, 1.165) is 44.4 Å². The SMILES string of the molecule is CCNC(=O)NCc1cccc(-c2cccc(C3OC(Cn4cnc5ccccc54)CC(c4ccc(CO)cc4)O3)c2)c1. The standard InChI is InChI=1S/C35H36N4O4/c1-2-36-35(41)37-20-25-7-5-8-27(17-25)28-9-6-10-29(18-28)34-42-30(21-39-23-38-31-11-3-4-12-32(31)39)19-33(43-34)26-15-13-24(22-40)14-16-26/h3-18,23,30,33-34,40H,2,19-22H2,1H3,(H2,36,37,41). The number of nitrogens with zero attached hydrogens (tertiary/aromatic N) is 2. The lowest BCUT2D eigenvalue weighted by atomic mass is 9.98. The number of imidazole rings is 1. The van der Waals surface area contributed by atoms with Crippen molar-refractivity contribution < 1.29 is 19.4 Å². The first-order valence-electron chi connectivity index (χ1n) is 14.7. The minimum absolute atomic E-state index is 0.00383. The normalized spacial score (nSPS) is 18.4. The molecule has 0 bridgehead atoms. The van der Waals surface area contributed by atoms with Crippen molar-refractivity contribution in [3.8, 4) is 11.1 Å². The van der Waals surface area contributed by atoms with Gasteiger partial charge in [-0.05, 0) is 59.0 Å². The van der Waals surface area contributed by atoms with E-state index >= 15 is 0 Å². The molecule has 1 aliphatic rings. The summed E-state index contributed by atoms with van der Waals surface area (Å²) >= 11 is 0. The number of hydrogen-bond acceptors (Lipinski definition) is 5. The van der Waals surface area contributed by atoms with Gasteiger partial charge >= 0.3 is 6.03 Å². The van der Waals surface area contributed by atoms with Crippen LogP contribution in [0, 0.1) is 0 Å². The van der Waals surface area contributed by atoms with E-state index in [1.807, 2.05) is 80.0 Å². The molecule has 0 aliphatic carbocycles. The van der Waals surface area contributed by atoms with Crippen molar-refractivity contribution >= 4 is 17.1 Å². The van der Waals surface area contributed by atoms with Crippen LogP contribution in [0.5, 0.6) is 0 Å². The van der Waals surface area contributed by atoms with Crippen LogP contribution in [0.1, 0.15) is 48.0 Å². The van der Waals surface area contributed by atoms with Crippen LogP contribution in [0.15, 0.2) is 103 Å². The van der Waals surface area contributed by atoms with Crippen LogP contribution >= 0.6 is 0 Å². The topological polar surface area (TPSA) is 97.6 Å². The second-order valence-electron chi connectivity index (χ2n) is 10.8. The third kappa shape index (κ3) is 6.78. The molecule has 220 valence electrons. The van der Waals surface area contributed by atoms with Crippen LogP contribution in [-0.2, 0) is 29.2 Å². The van der Waals surface area contributed by atoms with Crippen LogP contribution in [-0.4, -0.2) is 33.3 Å². The molecule has 3 unspecified atom stereocenters. The Morgan fingerprint density at radius 2 is 1.67 bits per heavy atom. The van der Waals surface area contributed by atoms with Gasteiger partial charge in [0.25, 0.3) is 0 Å². The van der Waals surface area contributed by atoms with E-state index in [1.165, 1.54) is 0 Å². The van der Waals surface area contributed by atoms with Crippen molar-refractivity contribution in [3.63, 3.8) is 0 Å². The fraction of sp³-hybridized carbons (Fsp3) is 0.257. The molecule has 3 N–H and O–H groups in total. The van der Waals surface area contributed by atoms with Gasteiger partial charge < -0.3 is 29.8 Å². The highest BCUT2D eigenvalue weighted by Gasteiger charge is 2.32. The molecule has 0 saturated carbocycles. The predicted molar refractivity (Wildman–Crippen MR) is 166 cm³/mol. The maximum Gasteiger partial charge on any atom is 0.315 e. The molecule has 2 amide bonds. The molecule has 43 heavy (non-hydrogen) atoms. The summed E-state index contributed by atoms with van der Waals surface area (Å²) in [4.78, 5) is 16.4. The Kier molecular flexibility index (Phi) is 8.79. The Bertz CT molecular complexity index is 1680. The summed E-state index contributed by atoms with van der Waals surface area (Å²) in [5.74, 6) is 0. The number of nitrogens with one attached hydrogen (secondary N) is 2. The molecule has 4 aromatic carbocycles. The number of rotatable bonds is 9. The monoisotopic (exact) mass is 576 g/mol. The molecular weight excluding hydrogens is 540 g/mol. The van der Waals surface area contributed by atoms with Gasteiger partial charge in [-0.2, -0.15) is 0 Å². The Morgan fingerprint density at radius 1 is 0.884 bits per heavy atom. The lowest BCUT2D eigenvalue weighted by Crippen LogP contribution is -2.34. The van der Waals surface area contributed by atoms with Crippen LogP contribution in [0.4, 0.5) is 4.79 Å². The molecule has 8 heteroatoms. The minimum atomic E-state index is -0.571. The quantitative estimate of drug-likeness (QED) is 0.192. The zero-order valence-corrected chi connectivity index (χ0v) is 24.1. The number of carbonyl (C=O) groups excluding carboxylic acids is 1. The number of benzene rings is 4. The third-order valence-corrected chi connectivity index (χ3v) is 7.75. The van der Waals surface area contributed by atoms with Crippen molar-refractivity contribution in [3.05, 3.63) is 126 Å². The molecular formula is C35H36N4O4. The molecule has 8 nitrogen and oxygen atoms in total. The average Bonchev–Trinajstić information content (AvgIpc) is 3.46. The Morgan fingerprint density at radius 3 is 2.49 bits per heavy atom. The maximum atomic E-state index is 11.9. The lowest BCUT2D eigenvalue weighted by molar-refractivity contribution is -0.252. The highest BCUT2D eigenvalue weighted by molar-refractivity contribution is 5.75. The van der Waals surface area contributed by atoms with Gasteiger partial charge in [0.1, 0.15) is 0 Å². The molecule has 0 spiro atoms. The second kappa shape index (κ2) is 13.2. The van der Waals surface area contributed by atoms with E-state index in [0.29, 0.717) is 26.1 Å². The molecule has 5 aromatic rings. The summed E-state index contributed by atoms with van der Waals surface area (Å²) in [7, 11) is 0. The highest BCUT2D eigenvalue weighted by Crippen LogP contribution is 2.39. The summed E-state index contributed by atoms with van der Waals surface area (Å²) in [6, 6.07) is 32.3. The molecule has 3 atom stereocenters. The van der Waals surface area contributed by atoms with Gasteiger partial charge in [0.15, 0.2) is 6.29 Å². The number of fused-ring (bicyclic) bond motifs is 1. The number of urea groups is 1. The molecule has 2 heterocycles. The van der Waals surface area contributed by atoms with E-state index in [9.17, 15) is 9.90 Å². The first-order valence-corrected chi connectivity index (χ1v) is 14.7. The molecule has 0 radical (unpaired) electrons. The summed E-state index contributed by atoms with van der Waals surface area (Å²) in [6.45, 7) is 3.56. The highest BCUT2D eigenvalue weighted by atomic mass is 16.7. The number of aliphatic hydroxyl groups is 1. The van der Waals surface area contributed by atoms with Gasteiger partial charge in [-0.1, -0.05) is 72.8 Å². The van der Waals surface area contributed by atoms with E-state index in [1.54, 1.807) is 0 Å². The molecule has 1 fully saturated rings. The van der Waals surface area contributed by atoms with Crippen molar-refractivity contribution in [1.29, 1.82) is 0 Å². The summed E-state index contributed by atoms with van der Waals surface area (Å²) in [6.07, 6.45) is 1.68. The first-order chi connectivity index (χ1) is 21.1. The van der Waals surface area contributed by atoms with E-state index in [4.69, 9.17) is 9.47 Å². The van der Waals surface area contributed by atoms with Gasteiger partial charge in [-0.25, -0.2) is 9.78 Å². The fourth-order valence-electron chi connectivity index (χ4n) is 5.54. The number of hydrogen-bond donors (Lipinski definition) is 3. The maximum absolute atomic E-state index is 11.9. The number of ether oxygens (including phenoxy) is 2. The van der Waals surface area contributed by atoms with Gasteiger partial charge in [0, 0.05) is 25.1 Å². The minimum Gasteiger partial charge on any atom is -0.392 e. The zero-order chi connectivity index (χ0) is 29.6. The Balaban J connectivity index is 1.26. The first kappa shape index (κ1) is 28.6. The van der Waals surface area contributed by atoms with Crippen LogP contribution in [0.25, 0.3) is 22.2 Å². The molecule has 1 saturated heterocycles. The van der Waals surface area contributed by atoms with E-state index in [2.05, 4.69) is 50.5 Å². The van der Waals surface area contributed by atoms with Crippen molar-refractivity contribution in [2.45, 2.75) is 51.5 Å². The predicted octanol–water partition coefficient (Wildman–Crippen LogP) is 6.26. The van der Waals surface area contributed by atoms with Crippen LogP contribution in [0.2, 0.25) is 0 Å². The molecule has 1 aliphatic heterocycles. The second-order valence-corrected chi connectivity index (χ2v) is 10.8. The summed E-state index contributed by atoms with van der Waals surface area (Å²) in [5.41, 5.74) is 7.97.